The fourth-order valence-electron chi connectivity index (χ4n) is 1.28. The van der Waals surface area contributed by atoms with Crippen LogP contribution in [0.2, 0.25) is 0 Å². The average molecular weight is 291 g/mol. The third-order valence-electron chi connectivity index (χ3n) is 2.68. The van der Waals surface area contributed by atoms with Gasteiger partial charge in [0, 0.05) is 6.42 Å². The van der Waals surface area contributed by atoms with Crippen molar-refractivity contribution >= 4 is 25.7 Å². The Balaban J connectivity index is 4.46. The second-order valence-corrected chi connectivity index (χ2v) is 6.70. The van der Waals surface area contributed by atoms with Crippen LogP contribution < -0.4 is 16.6 Å². The van der Waals surface area contributed by atoms with E-state index in [2.05, 4.69) is 5.32 Å². The zero-order valence-electron chi connectivity index (χ0n) is 11.5. The molecule has 3 atom stereocenters. The summed E-state index contributed by atoms with van der Waals surface area (Å²) in [6.07, 6.45) is 1.46. The molecule has 0 heterocycles. The molecule has 19 heavy (non-hydrogen) atoms. The molecule has 0 fully saturated rings. The summed E-state index contributed by atoms with van der Waals surface area (Å²) < 4.78 is 0. The van der Waals surface area contributed by atoms with Crippen molar-refractivity contribution in [1.29, 1.82) is 0 Å². The van der Waals surface area contributed by atoms with Gasteiger partial charge in [0.05, 0.1) is 0 Å². The normalized spacial score (nSPS) is 17.1. The van der Waals surface area contributed by atoms with Crippen molar-refractivity contribution in [1.82, 2.24) is 5.32 Å². The average Bonchev–Trinajstić information content (AvgIpc) is 2.27. The van der Waals surface area contributed by atoms with Gasteiger partial charge in [-0.1, -0.05) is 0 Å². The highest BCUT2D eigenvalue weighted by Crippen LogP contribution is 2.21. The van der Waals surface area contributed by atoms with E-state index in [1.165, 1.54) is 13.8 Å². The molecule has 1 unspecified atom stereocenters. The zero-order valence-corrected chi connectivity index (χ0v) is 12.4. The van der Waals surface area contributed by atoms with Gasteiger partial charge in [-0.3, -0.25) is 14.4 Å². The zero-order chi connectivity index (χ0) is 15.2. The van der Waals surface area contributed by atoms with Crippen molar-refractivity contribution in [2.24, 2.45) is 11.2 Å². The molecule has 0 aromatic carbocycles. The molecule has 0 aromatic heterocycles. The molecule has 6 N–H and O–H groups in total. The van der Waals surface area contributed by atoms with Gasteiger partial charge in [-0.15, -0.1) is 0 Å². The fraction of sp³-hybridized carbons (Fsp3) is 0.727. The first kappa shape index (κ1) is 18.0. The van der Waals surface area contributed by atoms with Crippen molar-refractivity contribution in [2.75, 3.05) is 12.8 Å². The van der Waals surface area contributed by atoms with Crippen LogP contribution in [0.1, 0.15) is 26.7 Å². The molecule has 8 heteroatoms. The van der Waals surface area contributed by atoms with Crippen molar-refractivity contribution in [3.63, 3.8) is 0 Å². The van der Waals surface area contributed by atoms with Crippen LogP contribution in [0.5, 0.6) is 0 Å². The van der Waals surface area contributed by atoms with E-state index in [0.29, 0.717) is 6.42 Å². The quantitative estimate of drug-likeness (QED) is 0.356. The highest BCUT2D eigenvalue weighted by Gasteiger charge is 2.37. The Hall–Kier alpha value is -1.04. The van der Waals surface area contributed by atoms with Crippen LogP contribution in [0.15, 0.2) is 0 Å². The summed E-state index contributed by atoms with van der Waals surface area (Å²) >= 11 is 0. The Morgan fingerprint density at radius 3 is 2.37 bits per heavy atom. The van der Waals surface area contributed by atoms with E-state index in [9.17, 15) is 14.4 Å². The molecule has 0 saturated heterocycles. The molecule has 0 aromatic rings. The summed E-state index contributed by atoms with van der Waals surface area (Å²) in [6.45, 7) is 4.48. The van der Waals surface area contributed by atoms with Crippen LogP contribution >= 0.6 is 8.07 Å². The van der Waals surface area contributed by atoms with E-state index in [1.807, 2.05) is 6.66 Å². The lowest BCUT2D eigenvalue weighted by atomic mass is 9.93. The summed E-state index contributed by atoms with van der Waals surface area (Å²) in [4.78, 5) is 34.3. The summed E-state index contributed by atoms with van der Waals surface area (Å²) in [7, 11) is -0.576. The fourth-order valence-corrected chi connectivity index (χ4v) is 1.94. The third-order valence-corrected chi connectivity index (χ3v) is 3.71. The lowest BCUT2D eigenvalue weighted by Crippen LogP contribution is -2.59. The summed E-state index contributed by atoms with van der Waals surface area (Å²) in [5, 5.41) is 10.9. The van der Waals surface area contributed by atoms with E-state index in [-0.39, 0.29) is 6.42 Å². The number of hydrogen-bond acceptors (Lipinski definition) is 5. The highest BCUT2D eigenvalue weighted by atomic mass is 31.1. The predicted molar refractivity (Wildman–Crippen MR) is 74.0 cm³/mol. The highest BCUT2D eigenvalue weighted by molar-refractivity contribution is 7.54. The van der Waals surface area contributed by atoms with Gasteiger partial charge in [-0.05, 0) is 41.2 Å². The van der Waals surface area contributed by atoms with Crippen LogP contribution in [-0.2, 0) is 14.4 Å². The molecule has 110 valence electrons. The molecule has 0 aliphatic heterocycles. The Bertz CT molecular complexity index is 358. The summed E-state index contributed by atoms with van der Waals surface area (Å²) in [6, 6.07) is -1.09. The van der Waals surface area contributed by atoms with Gasteiger partial charge in [0.25, 0.3) is 0 Å². The van der Waals surface area contributed by atoms with E-state index < -0.39 is 37.3 Å². The Morgan fingerprint density at radius 1 is 1.42 bits per heavy atom. The van der Waals surface area contributed by atoms with E-state index in [0.717, 1.165) is 6.16 Å². The Morgan fingerprint density at radius 2 is 1.95 bits per heavy atom. The van der Waals surface area contributed by atoms with Crippen LogP contribution in [0.4, 0.5) is 0 Å². The van der Waals surface area contributed by atoms with E-state index in [4.69, 9.17) is 16.3 Å². The summed E-state index contributed by atoms with van der Waals surface area (Å²) in [5.74, 6) is -2.38. The number of ketones is 1. The monoisotopic (exact) mass is 291 g/mol. The smallest absolute Gasteiger partial charge is 0.325 e. The maximum Gasteiger partial charge on any atom is 0.325 e. The number of carbonyl (C=O) groups excluding carboxylic acids is 2. The minimum Gasteiger partial charge on any atom is -0.480 e. The molecule has 0 aliphatic rings. The molecule has 0 saturated carbocycles. The Kier molecular flexibility index (Phi) is 7.11. The maximum absolute atomic E-state index is 11.9. The number of amides is 1. The predicted octanol–water partition coefficient (Wildman–Crippen LogP) is -0.372. The number of carboxylic acid groups (broad SMARTS) is 1. The minimum absolute atomic E-state index is 0.158. The van der Waals surface area contributed by atoms with Gasteiger partial charge in [0.2, 0.25) is 5.91 Å². The van der Waals surface area contributed by atoms with Crippen molar-refractivity contribution < 1.29 is 19.5 Å². The van der Waals surface area contributed by atoms with E-state index >= 15 is 0 Å². The van der Waals surface area contributed by atoms with Gasteiger partial charge < -0.3 is 21.7 Å². The topological polar surface area (TPSA) is 136 Å². The number of carboxylic acids is 1. The number of aliphatic carboxylic acids is 1. The van der Waals surface area contributed by atoms with Gasteiger partial charge >= 0.3 is 5.97 Å². The van der Waals surface area contributed by atoms with Crippen molar-refractivity contribution in [3.8, 4) is 0 Å². The first-order chi connectivity index (χ1) is 8.59. The molecule has 0 aliphatic carbocycles. The molecule has 1 amide bonds. The first-order valence-corrected chi connectivity index (χ1v) is 7.95. The van der Waals surface area contributed by atoms with Crippen LogP contribution in [0.3, 0.4) is 0 Å². The Labute approximate surface area is 113 Å². The van der Waals surface area contributed by atoms with Crippen molar-refractivity contribution in [2.45, 2.75) is 38.3 Å². The van der Waals surface area contributed by atoms with Gasteiger partial charge in [-0.2, -0.15) is 0 Å². The first-order valence-electron chi connectivity index (χ1n) is 5.90. The molecular formula is C11H22N3O4P. The molecule has 0 rings (SSSR count). The summed E-state index contributed by atoms with van der Waals surface area (Å²) in [5.41, 5.74) is 9.60. The SMILES string of the molecule is C[C@H](NC(=O)[C@](C)(N)C(=O)CCCP(C)N)C(=O)O. The van der Waals surface area contributed by atoms with Gasteiger partial charge in [0.15, 0.2) is 11.3 Å². The van der Waals surface area contributed by atoms with Crippen LogP contribution in [0.25, 0.3) is 0 Å². The van der Waals surface area contributed by atoms with Gasteiger partial charge in [-0.25, -0.2) is 0 Å². The maximum atomic E-state index is 11.9. The molecule has 0 spiro atoms. The molecule has 0 radical (unpaired) electrons. The van der Waals surface area contributed by atoms with E-state index in [1.54, 1.807) is 0 Å². The van der Waals surface area contributed by atoms with Gasteiger partial charge in [0.1, 0.15) is 6.04 Å². The third kappa shape index (κ3) is 6.09. The van der Waals surface area contributed by atoms with Crippen molar-refractivity contribution in [3.05, 3.63) is 0 Å². The molecular weight excluding hydrogens is 269 g/mol. The second kappa shape index (κ2) is 7.53. The largest absolute Gasteiger partial charge is 0.480 e. The number of hydrogen-bond donors (Lipinski definition) is 4. The number of carbonyl (C=O) groups is 3. The van der Waals surface area contributed by atoms with Crippen LogP contribution in [0, 0.1) is 0 Å². The number of nitrogens with two attached hydrogens (primary N) is 2. The lowest BCUT2D eigenvalue weighted by Gasteiger charge is -2.23. The molecule has 7 nitrogen and oxygen atoms in total. The number of rotatable bonds is 8. The molecule has 0 bridgehead atoms. The lowest BCUT2D eigenvalue weighted by molar-refractivity contribution is -0.143. The minimum atomic E-state index is -1.71. The number of nitrogens with one attached hydrogen (secondary N) is 1. The number of Topliss-reactive ketones (excluding diaryl/α,β-unsaturated/α-hetero) is 1. The second-order valence-electron chi connectivity index (χ2n) is 4.74. The standard InChI is InChI=1S/C11H22N3O4P/c1-7(9(16)17)14-10(18)11(2,12)8(15)5-4-6-19(3)13/h7H,4-6,12-13H2,1-3H3,(H,14,18)(H,16,17)/t7-,11+,19?/m0/s1. The van der Waals surface area contributed by atoms with Crippen LogP contribution in [-0.4, -0.2) is 47.2 Å².